The van der Waals surface area contributed by atoms with Crippen LogP contribution in [0.15, 0.2) is 65.1 Å². The van der Waals surface area contributed by atoms with E-state index in [1.54, 1.807) is 53.9 Å². The molecule has 0 aliphatic heterocycles. The highest BCUT2D eigenvalue weighted by atomic mass is 32.1. The van der Waals surface area contributed by atoms with Crippen molar-refractivity contribution in [3.8, 4) is 17.6 Å². The molecule has 33 heavy (non-hydrogen) atoms. The van der Waals surface area contributed by atoms with Crippen molar-refractivity contribution in [3.63, 3.8) is 0 Å². The number of carbonyl (C=O) groups excluding carboxylic acids is 3. The minimum Gasteiger partial charge on any atom is -0.493 e. The van der Waals surface area contributed by atoms with E-state index in [-0.39, 0.29) is 12.2 Å². The molecular formula is C23H18N4O5S. The summed E-state index contributed by atoms with van der Waals surface area (Å²) in [7, 11) is 1.43. The summed E-state index contributed by atoms with van der Waals surface area (Å²) >= 11 is 1.26. The van der Waals surface area contributed by atoms with Crippen LogP contribution in [0.25, 0.3) is 0 Å². The number of hydrazone groups is 1. The van der Waals surface area contributed by atoms with Crippen LogP contribution in [-0.4, -0.2) is 31.1 Å². The molecule has 1 aromatic heterocycles. The molecule has 0 saturated heterocycles. The fourth-order valence-corrected chi connectivity index (χ4v) is 3.19. The van der Waals surface area contributed by atoms with E-state index < -0.39 is 17.8 Å². The van der Waals surface area contributed by atoms with E-state index >= 15 is 0 Å². The third-order valence-corrected chi connectivity index (χ3v) is 5.04. The number of thiophene rings is 1. The predicted molar refractivity (Wildman–Crippen MR) is 122 cm³/mol. The van der Waals surface area contributed by atoms with Gasteiger partial charge in [-0.2, -0.15) is 10.4 Å². The average Bonchev–Trinajstić information content (AvgIpc) is 3.36. The minimum absolute atomic E-state index is 0.234. The Morgan fingerprint density at radius 3 is 2.55 bits per heavy atom. The van der Waals surface area contributed by atoms with Gasteiger partial charge in [-0.25, -0.2) is 10.2 Å². The molecule has 2 aromatic carbocycles. The summed E-state index contributed by atoms with van der Waals surface area (Å²) in [6.07, 6.45) is 1.57. The number of amides is 2. The first-order valence-corrected chi connectivity index (χ1v) is 10.4. The van der Waals surface area contributed by atoms with Gasteiger partial charge in [0.05, 0.1) is 25.8 Å². The summed E-state index contributed by atoms with van der Waals surface area (Å²) in [5.41, 5.74) is 3.89. The topological polar surface area (TPSA) is 130 Å². The van der Waals surface area contributed by atoms with E-state index in [2.05, 4.69) is 15.8 Å². The fraction of sp³-hybridized carbons (Fsp3) is 0.0870. The number of hydrogen-bond acceptors (Lipinski definition) is 8. The maximum atomic E-state index is 12.1. The number of nitriles is 1. The quantitative estimate of drug-likeness (QED) is 0.182. The summed E-state index contributed by atoms with van der Waals surface area (Å²) in [6, 6.07) is 16.7. The molecule has 0 aliphatic rings. The zero-order valence-corrected chi connectivity index (χ0v) is 18.2. The molecule has 0 spiro atoms. The van der Waals surface area contributed by atoms with Crippen molar-refractivity contribution in [2.75, 3.05) is 12.4 Å². The number of methoxy groups -OCH3 is 1. The van der Waals surface area contributed by atoms with E-state index in [1.807, 2.05) is 6.07 Å². The monoisotopic (exact) mass is 462 g/mol. The molecule has 0 unspecified atom stereocenters. The van der Waals surface area contributed by atoms with Gasteiger partial charge in [0.25, 0.3) is 0 Å². The minimum atomic E-state index is -0.958. The highest BCUT2D eigenvalue weighted by molar-refractivity contribution is 7.12. The number of nitrogens with zero attached hydrogens (tertiary/aromatic N) is 2. The van der Waals surface area contributed by atoms with Crippen molar-refractivity contribution in [3.05, 3.63) is 76.0 Å². The van der Waals surface area contributed by atoms with Gasteiger partial charge >= 0.3 is 17.8 Å². The van der Waals surface area contributed by atoms with Gasteiger partial charge in [-0.1, -0.05) is 18.2 Å². The molecule has 0 radical (unpaired) electrons. The Morgan fingerprint density at radius 1 is 1.09 bits per heavy atom. The molecule has 0 atom stereocenters. The summed E-state index contributed by atoms with van der Waals surface area (Å²) in [5.74, 6) is -1.82. The number of rotatable bonds is 7. The lowest BCUT2D eigenvalue weighted by Crippen LogP contribution is -2.32. The molecule has 9 nitrogen and oxygen atoms in total. The third-order valence-electron chi connectivity index (χ3n) is 4.19. The van der Waals surface area contributed by atoms with E-state index in [0.29, 0.717) is 21.9 Å². The second kappa shape index (κ2) is 11.2. The number of esters is 1. The van der Waals surface area contributed by atoms with Crippen LogP contribution in [0.2, 0.25) is 0 Å². The standard InChI is InChI=1S/C23H18N4O5S/c1-31-19-13-16(6-9-18(19)32-23(30)20-3-2-12-33-20)14-25-27-22(29)21(28)26-17-7-4-15(5-8-17)10-11-24/h2-9,12-14H,10H2,1H3,(H,26,28)(H,27,29)/b25-14-. The second-order valence-electron chi connectivity index (χ2n) is 6.46. The Labute approximate surface area is 193 Å². The maximum Gasteiger partial charge on any atom is 0.353 e. The summed E-state index contributed by atoms with van der Waals surface area (Å²) in [4.78, 5) is 36.5. The van der Waals surface area contributed by atoms with Gasteiger partial charge in [0, 0.05) is 5.69 Å². The highest BCUT2D eigenvalue weighted by Gasteiger charge is 2.14. The van der Waals surface area contributed by atoms with Crippen LogP contribution in [0.4, 0.5) is 5.69 Å². The van der Waals surface area contributed by atoms with Gasteiger partial charge in [0.15, 0.2) is 11.5 Å². The number of hydrogen-bond donors (Lipinski definition) is 2. The summed E-state index contributed by atoms with van der Waals surface area (Å²) in [5, 5.41) is 16.7. The molecule has 2 N–H and O–H groups in total. The van der Waals surface area contributed by atoms with Gasteiger partial charge in [-0.3, -0.25) is 9.59 Å². The van der Waals surface area contributed by atoms with Gasteiger partial charge in [-0.05, 0) is 52.9 Å². The number of ether oxygens (including phenoxy) is 2. The van der Waals surface area contributed by atoms with Gasteiger partial charge in [0.2, 0.25) is 0 Å². The number of benzene rings is 2. The molecule has 10 heteroatoms. The second-order valence-corrected chi connectivity index (χ2v) is 7.41. The zero-order chi connectivity index (χ0) is 23.6. The van der Waals surface area contributed by atoms with E-state index in [9.17, 15) is 14.4 Å². The lowest BCUT2D eigenvalue weighted by molar-refractivity contribution is -0.136. The molecule has 0 aliphatic carbocycles. The van der Waals surface area contributed by atoms with E-state index in [4.69, 9.17) is 14.7 Å². The molecule has 3 rings (SSSR count). The van der Waals surface area contributed by atoms with Crippen LogP contribution in [0.1, 0.15) is 20.8 Å². The van der Waals surface area contributed by atoms with Crippen molar-refractivity contribution in [2.45, 2.75) is 6.42 Å². The Kier molecular flexibility index (Phi) is 7.88. The molecule has 3 aromatic rings. The smallest absolute Gasteiger partial charge is 0.353 e. The van der Waals surface area contributed by atoms with Crippen LogP contribution in [0.3, 0.4) is 0 Å². The molecule has 0 fully saturated rings. The Balaban J connectivity index is 1.56. The van der Waals surface area contributed by atoms with Crippen molar-refractivity contribution >= 4 is 41.0 Å². The van der Waals surface area contributed by atoms with Gasteiger partial charge in [0.1, 0.15) is 4.88 Å². The SMILES string of the molecule is COc1cc(/C=N\NC(=O)C(=O)Nc2ccc(CC#N)cc2)ccc1OC(=O)c1cccs1. The summed E-state index contributed by atoms with van der Waals surface area (Å²) < 4.78 is 10.6. The average molecular weight is 462 g/mol. The Morgan fingerprint density at radius 2 is 1.88 bits per heavy atom. The Bertz CT molecular complexity index is 1210. The van der Waals surface area contributed by atoms with Gasteiger partial charge < -0.3 is 14.8 Å². The Hall–Kier alpha value is -4.49. The predicted octanol–water partition coefficient (Wildman–Crippen LogP) is 3.13. The highest BCUT2D eigenvalue weighted by Crippen LogP contribution is 2.28. The fourth-order valence-electron chi connectivity index (χ4n) is 2.59. The lowest BCUT2D eigenvalue weighted by Gasteiger charge is -2.09. The van der Waals surface area contributed by atoms with Crippen LogP contribution in [-0.2, 0) is 16.0 Å². The molecule has 0 bridgehead atoms. The van der Waals surface area contributed by atoms with E-state index in [0.717, 1.165) is 5.56 Å². The first kappa shape index (κ1) is 23.2. The third kappa shape index (κ3) is 6.49. The maximum absolute atomic E-state index is 12.1. The van der Waals surface area contributed by atoms with E-state index in [1.165, 1.54) is 30.7 Å². The van der Waals surface area contributed by atoms with Crippen LogP contribution in [0.5, 0.6) is 11.5 Å². The molecule has 2 amide bonds. The summed E-state index contributed by atoms with van der Waals surface area (Å²) in [6.45, 7) is 0. The first-order chi connectivity index (χ1) is 16.0. The van der Waals surface area contributed by atoms with Crippen molar-refractivity contribution in [1.29, 1.82) is 5.26 Å². The van der Waals surface area contributed by atoms with Crippen LogP contribution in [0, 0.1) is 11.3 Å². The van der Waals surface area contributed by atoms with Crippen molar-refractivity contribution in [2.24, 2.45) is 5.10 Å². The number of anilines is 1. The lowest BCUT2D eigenvalue weighted by atomic mass is 10.1. The largest absolute Gasteiger partial charge is 0.493 e. The van der Waals surface area contributed by atoms with Crippen molar-refractivity contribution in [1.82, 2.24) is 5.43 Å². The van der Waals surface area contributed by atoms with Crippen LogP contribution >= 0.6 is 11.3 Å². The molecule has 166 valence electrons. The number of nitrogens with one attached hydrogen (secondary N) is 2. The van der Waals surface area contributed by atoms with Crippen molar-refractivity contribution < 1.29 is 23.9 Å². The normalized spacial score (nSPS) is 10.3. The molecule has 1 heterocycles. The van der Waals surface area contributed by atoms with Gasteiger partial charge in [-0.15, -0.1) is 11.3 Å². The first-order valence-electron chi connectivity index (χ1n) is 9.54. The number of carbonyl (C=O) groups is 3. The van der Waals surface area contributed by atoms with Crippen LogP contribution < -0.4 is 20.2 Å². The molecule has 0 saturated carbocycles. The zero-order valence-electron chi connectivity index (χ0n) is 17.4. The molecular weight excluding hydrogens is 444 g/mol.